The zero-order valence-corrected chi connectivity index (χ0v) is 10.1. The number of hydrogen-bond acceptors (Lipinski definition) is 8. The van der Waals surface area contributed by atoms with Crippen LogP contribution in [0.5, 0.6) is 0 Å². The molecule has 1 saturated heterocycles. The number of guanidine groups is 1. The van der Waals surface area contributed by atoms with Crippen LogP contribution in [0.2, 0.25) is 0 Å². The number of amides is 1. The Bertz CT molecular complexity index is 536. The van der Waals surface area contributed by atoms with E-state index in [4.69, 9.17) is 15.6 Å². The van der Waals surface area contributed by atoms with E-state index in [1.54, 1.807) is 0 Å². The van der Waals surface area contributed by atoms with E-state index in [2.05, 4.69) is 15.0 Å². The van der Waals surface area contributed by atoms with E-state index in [-0.39, 0.29) is 11.8 Å². The summed E-state index contributed by atoms with van der Waals surface area (Å²) in [4.78, 5) is 24.0. The largest absolute Gasteiger partial charge is 0.394 e. The summed E-state index contributed by atoms with van der Waals surface area (Å²) < 4.78 is 19.3. The highest BCUT2D eigenvalue weighted by molar-refractivity contribution is 6.21. The van der Waals surface area contributed by atoms with Crippen LogP contribution in [-0.4, -0.2) is 76.4 Å². The molecule has 9 nitrogen and oxygen atoms in total. The van der Waals surface area contributed by atoms with Crippen molar-refractivity contribution in [2.24, 2.45) is 20.7 Å². The fourth-order valence-electron chi connectivity index (χ4n) is 2.29. The van der Waals surface area contributed by atoms with Crippen LogP contribution in [-0.2, 0) is 9.53 Å². The molecule has 2 unspecified atom stereocenters. The van der Waals surface area contributed by atoms with Crippen molar-refractivity contribution >= 4 is 24.0 Å². The number of aliphatic hydroxyl groups is 2. The molecule has 5 atom stereocenters. The lowest BCUT2D eigenvalue weighted by atomic mass is 10.1. The van der Waals surface area contributed by atoms with E-state index in [0.717, 1.165) is 0 Å². The van der Waals surface area contributed by atoms with Crippen LogP contribution in [0.25, 0.3) is 0 Å². The predicted molar refractivity (Wildman–Crippen MR) is 64.8 cm³/mol. The van der Waals surface area contributed by atoms with Gasteiger partial charge in [-0.2, -0.15) is 9.98 Å². The second-order valence-corrected chi connectivity index (χ2v) is 4.54. The number of aliphatic hydroxyl groups excluding tert-OH is 2. The van der Waals surface area contributed by atoms with Gasteiger partial charge in [-0.05, 0) is 0 Å². The molecule has 0 bridgehead atoms. The number of aliphatic imine (C=N–C) groups is 3. The van der Waals surface area contributed by atoms with Crippen LogP contribution >= 0.6 is 0 Å². The van der Waals surface area contributed by atoms with E-state index in [0.29, 0.717) is 0 Å². The fraction of sp³-hybridized carbons (Fsp3) is 0.600. The molecule has 0 aromatic heterocycles. The van der Waals surface area contributed by atoms with Crippen LogP contribution < -0.4 is 5.73 Å². The van der Waals surface area contributed by atoms with Crippen molar-refractivity contribution in [3.05, 3.63) is 0 Å². The number of ether oxygens (including phenoxy) is 1. The maximum Gasteiger partial charge on any atom is 0.281 e. The van der Waals surface area contributed by atoms with E-state index < -0.39 is 43.2 Å². The van der Waals surface area contributed by atoms with Crippen molar-refractivity contribution in [2.45, 2.75) is 30.6 Å². The quantitative estimate of drug-likeness (QED) is 0.508. The molecule has 3 heterocycles. The molecule has 3 aliphatic rings. The number of nitrogens with two attached hydrogens (primary N) is 1. The van der Waals surface area contributed by atoms with Gasteiger partial charge in [0, 0.05) is 0 Å². The van der Waals surface area contributed by atoms with Gasteiger partial charge in [0.05, 0.1) is 12.9 Å². The summed E-state index contributed by atoms with van der Waals surface area (Å²) in [5, 5.41) is 18.6. The summed E-state index contributed by atoms with van der Waals surface area (Å²) in [6.45, 7) is -0.526. The molecule has 3 aliphatic heterocycles. The number of alkyl halides is 1. The first kappa shape index (κ1) is 13.1. The number of nitrogens with zero attached hydrogens (tertiary/aromatic N) is 4. The average molecular weight is 285 g/mol. The second-order valence-electron chi connectivity index (χ2n) is 4.54. The molecular formula is C10H12FN5O4. The number of fused-ring (bicyclic) bond motifs is 1. The molecule has 1 fully saturated rings. The highest BCUT2D eigenvalue weighted by Gasteiger charge is 2.50. The Morgan fingerprint density at radius 1 is 1.50 bits per heavy atom. The van der Waals surface area contributed by atoms with Gasteiger partial charge in [0.25, 0.3) is 5.91 Å². The summed E-state index contributed by atoms with van der Waals surface area (Å²) in [5.41, 5.74) is 5.39. The maximum absolute atomic E-state index is 14.0. The molecule has 0 radical (unpaired) electrons. The predicted octanol–water partition coefficient (Wildman–Crippen LogP) is -2.63. The first-order valence-corrected chi connectivity index (χ1v) is 5.89. The normalized spacial score (nSPS) is 39.9. The molecule has 0 spiro atoms. The van der Waals surface area contributed by atoms with Crippen molar-refractivity contribution < 1.29 is 24.1 Å². The van der Waals surface area contributed by atoms with Crippen molar-refractivity contribution in [3.63, 3.8) is 0 Å². The first-order chi connectivity index (χ1) is 9.52. The zero-order valence-electron chi connectivity index (χ0n) is 10.1. The molecule has 108 valence electrons. The van der Waals surface area contributed by atoms with E-state index >= 15 is 0 Å². The third kappa shape index (κ3) is 1.80. The molecule has 20 heavy (non-hydrogen) atoms. The van der Waals surface area contributed by atoms with Crippen LogP contribution in [0.4, 0.5) is 4.39 Å². The SMILES string of the molecule is NC1=NC(=O)C2N=CN([C@H]3O[C@@H](CO)C(O)[C@H]3F)C2=N1. The minimum absolute atomic E-state index is 0.0981. The summed E-state index contributed by atoms with van der Waals surface area (Å²) in [7, 11) is 0. The Morgan fingerprint density at radius 3 is 2.90 bits per heavy atom. The van der Waals surface area contributed by atoms with Crippen LogP contribution in [0, 0.1) is 0 Å². The van der Waals surface area contributed by atoms with Crippen LogP contribution in [0.1, 0.15) is 0 Å². The van der Waals surface area contributed by atoms with Gasteiger partial charge in [0.2, 0.25) is 5.96 Å². The van der Waals surface area contributed by atoms with Crippen molar-refractivity contribution in [3.8, 4) is 0 Å². The Hall–Kier alpha value is -1.91. The Morgan fingerprint density at radius 2 is 2.25 bits per heavy atom. The van der Waals surface area contributed by atoms with Gasteiger partial charge in [0.15, 0.2) is 24.3 Å². The summed E-state index contributed by atoms with van der Waals surface area (Å²) in [6, 6.07) is -0.969. The number of amidine groups is 1. The average Bonchev–Trinajstić information content (AvgIpc) is 2.93. The minimum Gasteiger partial charge on any atom is -0.394 e. The first-order valence-electron chi connectivity index (χ1n) is 5.89. The number of rotatable bonds is 2. The summed E-state index contributed by atoms with van der Waals surface area (Å²) in [6.07, 6.45) is -4.33. The molecule has 0 aromatic rings. The standard InChI is InChI=1S/C10H12FN5O4/c11-4-6(18)3(1-17)20-9(4)16-2-13-5-7(16)14-10(12)15-8(5)19/h2-6,9,17-18H,1H2,(H2,12,15,19)/t3-,4+,5?,6?,9-/m0/s1. The van der Waals surface area contributed by atoms with Gasteiger partial charge in [-0.1, -0.05) is 0 Å². The summed E-state index contributed by atoms with van der Waals surface area (Å²) >= 11 is 0. The Kier molecular flexibility index (Phi) is 3.00. The van der Waals surface area contributed by atoms with Gasteiger partial charge in [-0.3, -0.25) is 14.7 Å². The molecule has 10 heteroatoms. The minimum atomic E-state index is -1.78. The van der Waals surface area contributed by atoms with E-state index in [1.807, 2.05) is 0 Å². The lowest BCUT2D eigenvalue weighted by molar-refractivity contribution is -0.117. The molecule has 1 amide bonds. The molecule has 4 N–H and O–H groups in total. The Balaban J connectivity index is 1.87. The smallest absolute Gasteiger partial charge is 0.281 e. The van der Waals surface area contributed by atoms with Gasteiger partial charge in [-0.25, -0.2) is 4.39 Å². The Labute approximate surface area is 112 Å². The van der Waals surface area contributed by atoms with Crippen LogP contribution in [0.15, 0.2) is 15.0 Å². The van der Waals surface area contributed by atoms with Crippen LogP contribution in [0.3, 0.4) is 0 Å². The number of carbonyl (C=O) groups is 1. The molecule has 0 aromatic carbocycles. The topological polar surface area (TPSA) is 133 Å². The monoisotopic (exact) mass is 285 g/mol. The third-order valence-corrected chi connectivity index (χ3v) is 3.28. The second kappa shape index (κ2) is 4.58. The number of halogens is 1. The summed E-state index contributed by atoms with van der Waals surface area (Å²) in [5.74, 6) is -0.746. The van der Waals surface area contributed by atoms with E-state index in [1.165, 1.54) is 11.2 Å². The van der Waals surface area contributed by atoms with Crippen molar-refractivity contribution in [1.29, 1.82) is 0 Å². The third-order valence-electron chi connectivity index (χ3n) is 3.28. The lowest BCUT2D eigenvalue weighted by Gasteiger charge is -2.26. The molecule has 0 aliphatic carbocycles. The molecule has 3 rings (SSSR count). The highest BCUT2D eigenvalue weighted by atomic mass is 19.1. The molecule has 0 saturated carbocycles. The number of carbonyl (C=O) groups excluding carboxylic acids is 1. The van der Waals surface area contributed by atoms with Gasteiger partial charge in [-0.15, -0.1) is 0 Å². The van der Waals surface area contributed by atoms with Crippen molar-refractivity contribution in [1.82, 2.24) is 4.90 Å². The number of hydrogen-bond donors (Lipinski definition) is 3. The maximum atomic E-state index is 14.0. The van der Waals surface area contributed by atoms with Gasteiger partial charge < -0.3 is 20.7 Å². The van der Waals surface area contributed by atoms with Gasteiger partial charge >= 0.3 is 0 Å². The highest BCUT2D eigenvalue weighted by Crippen LogP contribution is 2.29. The van der Waals surface area contributed by atoms with Gasteiger partial charge in [0.1, 0.15) is 12.2 Å². The van der Waals surface area contributed by atoms with E-state index in [9.17, 15) is 14.3 Å². The molecular weight excluding hydrogens is 273 g/mol. The van der Waals surface area contributed by atoms with Crippen molar-refractivity contribution in [2.75, 3.05) is 6.61 Å². The fourth-order valence-corrected chi connectivity index (χ4v) is 2.29. The lowest BCUT2D eigenvalue weighted by Crippen LogP contribution is -2.48. The zero-order chi connectivity index (χ0) is 14.4.